The van der Waals surface area contributed by atoms with E-state index in [0.29, 0.717) is 22.3 Å². The molecule has 1 fully saturated rings. The van der Waals surface area contributed by atoms with Crippen LogP contribution in [0.3, 0.4) is 0 Å². The Morgan fingerprint density at radius 3 is 2.46 bits per heavy atom. The van der Waals surface area contributed by atoms with Gasteiger partial charge in [0.15, 0.2) is 5.60 Å². The number of carbonyl (C=O) groups is 2. The molecule has 1 spiro atoms. The minimum Gasteiger partial charge on any atom is -0.508 e. The number of aliphatic hydroxyl groups is 3. The summed E-state index contributed by atoms with van der Waals surface area (Å²) in [5.74, 6) is -0.303. The molecule has 1 saturated heterocycles. The van der Waals surface area contributed by atoms with E-state index in [1.807, 2.05) is 0 Å². The quantitative estimate of drug-likeness (QED) is 0.308. The van der Waals surface area contributed by atoms with Gasteiger partial charge in [-0.05, 0) is 30.3 Å². The Morgan fingerprint density at radius 1 is 1.00 bits per heavy atom. The molecule has 39 heavy (non-hydrogen) atoms. The van der Waals surface area contributed by atoms with Crippen LogP contribution in [0.25, 0.3) is 0 Å². The third kappa shape index (κ3) is 3.90. The molecule has 3 aliphatic rings. The molecular formula is C28H25NO10. The smallest absolute Gasteiger partial charge is 0.340 e. The molecular weight excluding hydrogens is 510 g/mol. The van der Waals surface area contributed by atoms with Gasteiger partial charge in [-0.25, -0.2) is 4.79 Å². The number of phenolic OH excluding ortho intramolecular Hbond substituents is 1. The number of fused-ring (bicyclic) bond motifs is 6. The molecule has 0 aromatic heterocycles. The second-order valence-corrected chi connectivity index (χ2v) is 9.61. The van der Waals surface area contributed by atoms with E-state index in [-0.39, 0.29) is 23.0 Å². The van der Waals surface area contributed by atoms with Crippen molar-refractivity contribution in [1.82, 2.24) is 5.32 Å². The number of esters is 1. The molecule has 3 aromatic rings. The van der Waals surface area contributed by atoms with Crippen molar-refractivity contribution in [3.05, 3.63) is 82.9 Å². The molecule has 11 nitrogen and oxygen atoms in total. The molecule has 11 heteroatoms. The molecule has 3 aliphatic heterocycles. The third-order valence-corrected chi connectivity index (χ3v) is 7.17. The average Bonchev–Trinajstić information content (AvgIpc) is 3.20. The molecule has 3 aromatic carbocycles. The lowest BCUT2D eigenvalue weighted by Crippen LogP contribution is -2.65. The Bertz CT molecular complexity index is 1470. The topological polar surface area (TPSA) is 164 Å². The van der Waals surface area contributed by atoms with Gasteiger partial charge in [0.05, 0.1) is 12.2 Å². The molecule has 0 saturated carbocycles. The van der Waals surface area contributed by atoms with E-state index >= 15 is 0 Å². The Morgan fingerprint density at radius 2 is 1.72 bits per heavy atom. The summed E-state index contributed by atoms with van der Waals surface area (Å²) in [5, 5.41) is 43.1. The second kappa shape index (κ2) is 9.24. The van der Waals surface area contributed by atoms with Crippen LogP contribution in [0.1, 0.15) is 34.0 Å². The SMILES string of the molecule is CC(=O)N[C@H]1[C@H](Oc2ccc3c(c2)Oc2cc(O)ccc2C32OC(=O)c3ccccc32)O[C@H](CO)[C@H](O)[C@@H]1O. The van der Waals surface area contributed by atoms with Crippen LogP contribution in [0.15, 0.2) is 60.7 Å². The number of aliphatic hydroxyl groups excluding tert-OH is 3. The van der Waals surface area contributed by atoms with Crippen LogP contribution in [-0.2, 0) is 19.9 Å². The first-order valence-electron chi connectivity index (χ1n) is 12.3. The summed E-state index contributed by atoms with van der Waals surface area (Å²) in [4.78, 5) is 24.7. The van der Waals surface area contributed by atoms with E-state index in [2.05, 4.69) is 5.32 Å². The van der Waals surface area contributed by atoms with Gasteiger partial charge >= 0.3 is 5.97 Å². The number of aromatic hydroxyl groups is 1. The first-order chi connectivity index (χ1) is 18.7. The van der Waals surface area contributed by atoms with Crippen molar-refractivity contribution in [2.24, 2.45) is 0 Å². The summed E-state index contributed by atoms with van der Waals surface area (Å²) in [7, 11) is 0. The number of hydrogen-bond donors (Lipinski definition) is 5. The van der Waals surface area contributed by atoms with Gasteiger partial charge in [-0.2, -0.15) is 0 Å². The number of carbonyl (C=O) groups excluding carboxylic acids is 2. The van der Waals surface area contributed by atoms with Crippen LogP contribution in [0.4, 0.5) is 0 Å². The Hall–Kier alpha value is -4.16. The molecule has 0 radical (unpaired) electrons. The molecule has 1 unspecified atom stereocenters. The number of rotatable bonds is 4. The van der Waals surface area contributed by atoms with Gasteiger partial charge in [-0.1, -0.05) is 18.2 Å². The fourth-order valence-corrected chi connectivity index (χ4v) is 5.42. The molecule has 5 N–H and O–H groups in total. The van der Waals surface area contributed by atoms with Gasteiger partial charge in [-0.3, -0.25) is 4.79 Å². The van der Waals surface area contributed by atoms with Crippen molar-refractivity contribution in [1.29, 1.82) is 0 Å². The third-order valence-electron chi connectivity index (χ3n) is 7.17. The minimum absolute atomic E-state index is 0.0475. The maximum Gasteiger partial charge on any atom is 0.340 e. The number of ether oxygens (including phenoxy) is 4. The predicted octanol–water partition coefficient (Wildman–Crippen LogP) is 1.28. The Kier molecular flexibility index (Phi) is 5.96. The summed E-state index contributed by atoms with van der Waals surface area (Å²) in [6.45, 7) is 0.653. The highest BCUT2D eigenvalue weighted by molar-refractivity contribution is 5.97. The van der Waals surface area contributed by atoms with Crippen LogP contribution in [0.2, 0.25) is 0 Å². The van der Waals surface area contributed by atoms with Gasteiger partial charge in [0.1, 0.15) is 47.4 Å². The standard InChI is InChI=1S/C28H25NO10/c1-13(31)29-23-25(34)24(33)22(12-30)38-27(23)36-15-7-9-19-21(11-15)37-20-10-14(32)6-8-18(20)28(19)17-5-3-2-4-16(17)26(35)39-28/h2-11,22-25,27,30,32-34H,12H2,1H3,(H,29,31)/t22-,23-,24+,25-,27-,28?/m1/s1. The Balaban J connectivity index is 1.42. The van der Waals surface area contributed by atoms with Gasteiger partial charge in [-0.15, -0.1) is 0 Å². The summed E-state index contributed by atoms with van der Waals surface area (Å²) < 4.78 is 23.8. The normalized spacial score (nSPS) is 28.5. The summed E-state index contributed by atoms with van der Waals surface area (Å²) in [5.41, 5.74) is 0.720. The average molecular weight is 536 g/mol. The van der Waals surface area contributed by atoms with Crippen LogP contribution >= 0.6 is 0 Å². The van der Waals surface area contributed by atoms with E-state index in [9.17, 15) is 30.0 Å². The van der Waals surface area contributed by atoms with Crippen molar-refractivity contribution >= 4 is 11.9 Å². The maximum absolute atomic E-state index is 12.9. The van der Waals surface area contributed by atoms with Gasteiger partial charge in [0.25, 0.3) is 0 Å². The van der Waals surface area contributed by atoms with Crippen molar-refractivity contribution < 1.29 is 49.0 Å². The number of nitrogens with one attached hydrogen (secondary N) is 1. The maximum atomic E-state index is 12.9. The zero-order valence-electron chi connectivity index (χ0n) is 20.6. The second-order valence-electron chi connectivity index (χ2n) is 9.61. The number of phenols is 1. The highest BCUT2D eigenvalue weighted by atomic mass is 16.7. The molecule has 0 bridgehead atoms. The number of hydrogen-bond acceptors (Lipinski definition) is 10. The van der Waals surface area contributed by atoms with Gasteiger partial charge < -0.3 is 44.7 Å². The van der Waals surface area contributed by atoms with E-state index in [4.69, 9.17) is 18.9 Å². The van der Waals surface area contributed by atoms with Gasteiger partial charge in [0.2, 0.25) is 12.2 Å². The predicted molar refractivity (Wildman–Crippen MR) is 132 cm³/mol. The lowest BCUT2D eigenvalue weighted by molar-refractivity contribution is -0.244. The van der Waals surface area contributed by atoms with Crippen molar-refractivity contribution in [2.75, 3.05) is 6.61 Å². The lowest BCUT2D eigenvalue weighted by atomic mass is 9.77. The summed E-state index contributed by atoms with van der Waals surface area (Å²) >= 11 is 0. The van der Waals surface area contributed by atoms with E-state index in [1.54, 1.807) is 42.5 Å². The zero-order valence-corrected chi connectivity index (χ0v) is 20.6. The van der Waals surface area contributed by atoms with Crippen LogP contribution in [0.5, 0.6) is 23.0 Å². The van der Waals surface area contributed by atoms with Crippen LogP contribution < -0.4 is 14.8 Å². The highest BCUT2D eigenvalue weighted by Crippen LogP contribution is 2.57. The van der Waals surface area contributed by atoms with Crippen LogP contribution in [0, 0.1) is 0 Å². The van der Waals surface area contributed by atoms with E-state index in [1.165, 1.54) is 25.1 Å². The molecule has 6 rings (SSSR count). The summed E-state index contributed by atoms with van der Waals surface area (Å²) in [6, 6.07) is 15.2. The zero-order chi connectivity index (χ0) is 27.5. The van der Waals surface area contributed by atoms with Gasteiger partial charge in [0, 0.05) is 35.7 Å². The van der Waals surface area contributed by atoms with Crippen LogP contribution in [-0.4, -0.2) is 69.6 Å². The fourth-order valence-electron chi connectivity index (χ4n) is 5.42. The number of amides is 1. The molecule has 202 valence electrons. The monoisotopic (exact) mass is 535 g/mol. The minimum atomic E-state index is -1.48. The summed E-state index contributed by atoms with van der Waals surface area (Å²) in [6.07, 6.45) is -5.37. The lowest BCUT2D eigenvalue weighted by Gasteiger charge is -2.42. The highest BCUT2D eigenvalue weighted by Gasteiger charge is 2.53. The largest absolute Gasteiger partial charge is 0.508 e. The fraction of sp³-hybridized carbons (Fsp3) is 0.286. The number of benzene rings is 3. The van der Waals surface area contributed by atoms with E-state index < -0.39 is 54.7 Å². The molecule has 6 atom stereocenters. The molecule has 1 amide bonds. The first-order valence-corrected chi connectivity index (χ1v) is 12.3. The van der Waals surface area contributed by atoms with Crippen molar-refractivity contribution in [3.8, 4) is 23.0 Å². The first kappa shape index (κ1) is 25.1. The Labute approximate surface area is 222 Å². The van der Waals surface area contributed by atoms with Crippen molar-refractivity contribution in [2.45, 2.75) is 43.2 Å². The van der Waals surface area contributed by atoms with Crippen molar-refractivity contribution in [3.63, 3.8) is 0 Å². The van der Waals surface area contributed by atoms with E-state index in [0.717, 1.165) is 0 Å². The molecule has 0 aliphatic carbocycles. The molecule has 3 heterocycles.